The highest BCUT2D eigenvalue weighted by atomic mass is 16.3. The molecule has 19 rings (SSSR count). The van der Waals surface area contributed by atoms with E-state index in [2.05, 4.69) is 304 Å². The molecule has 2 aliphatic heterocycles. The van der Waals surface area contributed by atoms with E-state index in [1.807, 2.05) is 36.4 Å². The number of nitrogens with zero attached hydrogens (tertiary/aromatic N) is 6. The summed E-state index contributed by atoms with van der Waals surface area (Å²) < 4.78 is 17.9. The lowest BCUT2D eigenvalue weighted by atomic mass is 9.71. The third-order valence-electron chi connectivity index (χ3n) is 21.3. The molecule has 0 radical (unpaired) electrons. The monoisotopic (exact) mass is 1270 g/mol. The van der Waals surface area contributed by atoms with Crippen LogP contribution >= 0.6 is 0 Å². The molecule has 0 saturated heterocycles. The van der Waals surface area contributed by atoms with Crippen LogP contribution in [0.2, 0.25) is 0 Å². The van der Waals surface area contributed by atoms with Crippen molar-refractivity contribution in [3.05, 3.63) is 294 Å². The number of anilines is 6. The number of para-hydroxylation sites is 5. The summed E-state index contributed by atoms with van der Waals surface area (Å²) in [5.74, 6) is 0. The molecule has 472 valence electrons. The normalized spacial score (nSPS) is 13.5. The molecule has 8 heteroatoms. The van der Waals surface area contributed by atoms with E-state index in [1.54, 1.807) is 0 Å². The summed E-state index contributed by atoms with van der Waals surface area (Å²) in [7, 11) is 0. The van der Waals surface area contributed by atoms with Crippen molar-refractivity contribution < 1.29 is 8.83 Å². The summed E-state index contributed by atoms with van der Waals surface area (Å²) in [5, 5.41) is 19.2. The maximum absolute atomic E-state index is 10.6. The molecule has 99 heavy (non-hydrogen) atoms. The molecule has 0 aliphatic carbocycles. The van der Waals surface area contributed by atoms with Gasteiger partial charge in [-0.2, -0.15) is 5.26 Å². The average Bonchev–Trinajstić information content (AvgIpc) is 1.13. The Hall–Kier alpha value is -12.4. The quantitative estimate of drug-likeness (QED) is 0.155. The number of hydrogen-bond donors (Lipinski definition) is 0. The Morgan fingerprint density at radius 1 is 0.374 bits per heavy atom. The van der Waals surface area contributed by atoms with Gasteiger partial charge in [0.25, 0.3) is 0 Å². The van der Waals surface area contributed by atoms with Crippen LogP contribution in [0, 0.1) is 17.9 Å². The molecule has 6 heterocycles. The first-order valence-corrected chi connectivity index (χ1v) is 34.0. The van der Waals surface area contributed by atoms with Crippen molar-refractivity contribution in [2.75, 3.05) is 9.80 Å². The van der Waals surface area contributed by atoms with E-state index in [0.717, 1.165) is 166 Å². The number of benzene rings is 13. The third-order valence-corrected chi connectivity index (χ3v) is 21.3. The largest absolute Gasteiger partial charge is 0.456 e. The zero-order chi connectivity index (χ0) is 67.1. The van der Waals surface area contributed by atoms with Gasteiger partial charge in [-0.05, 0) is 171 Å². The van der Waals surface area contributed by atoms with Crippen molar-refractivity contribution in [2.45, 2.75) is 71.6 Å². The lowest BCUT2D eigenvalue weighted by Gasteiger charge is -2.49. The molecule has 4 aromatic heterocycles. The molecule has 13 aromatic carbocycles. The highest BCUT2D eigenvalue weighted by molar-refractivity contribution is 6.16. The first kappa shape index (κ1) is 58.0. The second kappa shape index (κ2) is 20.8. The number of rotatable bonds is 6. The van der Waals surface area contributed by atoms with Gasteiger partial charge >= 0.3 is 0 Å². The van der Waals surface area contributed by atoms with Crippen LogP contribution in [0.3, 0.4) is 0 Å². The molecule has 17 aromatic rings. The van der Waals surface area contributed by atoms with Crippen LogP contribution in [0.4, 0.5) is 39.8 Å². The summed E-state index contributed by atoms with van der Waals surface area (Å²) in [4.78, 5) is 9.11. The SMILES string of the molecule is [C-]#[N+]c1ccc2c3ccccc3n(-c3ccc4c(c3)C(C)(C)c3cc(-c5cc(C(C)(C)C)cc(C(C)(C)C)c5)cc5c3N4c3ccc(-n4c6ccccc6c6ccc(C#N)cc64)cc3N5c3c(-c4ccc5oc6ccccc6c5c4)cccc3-c3ccc4oc5ccccc5c4c3)c2c1. The summed E-state index contributed by atoms with van der Waals surface area (Å²) in [5.41, 5.74) is 27.1. The van der Waals surface area contributed by atoms with Crippen LogP contribution in [0.1, 0.15) is 83.2 Å². The fourth-order valence-corrected chi connectivity index (χ4v) is 16.3. The highest BCUT2D eigenvalue weighted by Gasteiger charge is 2.45. The van der Waals surface area contributed by atoms with Gasteiger partial charge in [0.05, 0.1) is 68.9 Å². The summed E-state index contributed by atoms with van der Waals surface area (Å²) in [6, 6.07) is 95.1. The first-order valence-electron chi connectivity index (χ1n) is 34.0. The molecule has 0 amide bonds. The van der Waals surface area contributed by atoms with E-state index < -0.39 is 5.41 Å². The van der Waals surface area contributed by atoms with E-state index in [9.17, 15) is 5.26 Å². The van der Waals surface area contributed by atoms with Gasteiger partial charge in [0.1, 0.15) is 22.3 Å². The molecule has 0 N–H and O–H groups in total. The minimum atomic E-state index is -0.621. The van der Waals surface area contributed by atoms with Gasteiger partial charge in [-0.1, -0.05) is 195 Å². The second-order valence-corrected chi connectivity index (χ2v) is 29.5. The number of fused-ring (bicyclic) bond motifs is 16. The maximum Gasteiger partial charge on any atom is 0.189 e. The topological polar surface area (TPSA) is 70.8 Å². The maximum atomic E-state index is 10.6. The van der Waals surface area contributed by atoms with Crippen LogP contribution in [0.5, 0.6) is 0 Å². The van der Waals surface area contributed by atoms with Crippen LogP contribution < -0.4 is 9.80 Å². The first-order chi connectivity index (χ1) is 48.0. The van der Waals surface area contributed by atoms with Gasteiger partial charge in [-0.3, -0.25) is 0 Å². The van der Waals surface area contributed by atoms with Crippen LogP contribution in [-0.2, 0) is 16.2 Å². The van der Waals surface area contributed by atoms with Crippen molar-refractivity contribution in [2.24, 2.45) is 0 Å². The zero-order valence-corrected chi connectivity index (χ0v) is 56.2. The predicted octanol–water partition coefficient (Wildman–Crippen LogP) is 25.6. The molecule has 8 nitrogen and oxygen atoms in total. The second-order valence-electron chi connectivity index (χ2n) is 29.5. The zero-order valence-electron chi connectivity index (χ0n) is 56.2. The third kappa shape index (κ3) is 8.62. The van der Waals surface area contributed by atoms with Gasteiger partial charge in [-0.25, -0.2) is 4.85 Å². The van der Waals surface area contributed by atoms with E-state index in [-0.39, 0.29) is 10.8 Å². The smallest absolute Gasteiger partial charge is 0.189 e. The Bertz CT molecular complexity index is 6310. The van der Waals surface area contributed by atoms with Crippen LogP contribution in [0.15, 0.2) is 264 Å². The van der Waals surface area contributed by atoms with Gasteiger partial charge in [0.2, 0.25) is 0 Å². The van der Waals surface area contributed by atoms with E-state index >= 15 is 0 Å². The molecule has 2 aliphatic rings. The Morgan fingerprint density at radius 3 is 1.46 bits per heavy atom. The molecule has 0 atom stereocenters. The van der Waals surface area contributed by atoms with Crippen molar-refractivity contribution in [1.82, 2.24) is 9.13 Å². The summed E-state index contributed by atoms with van der Waals surface area (Å²) in [6.07, 6.45) is 0. The van der Waals surface area contributed by atoms with E-state index in [0.29, 0.717) is 11.3 Å². The van der Waals surface area contributed by atoms with Gasteiger partial charge in [0, 0.05) is 76.5 Å². The molecule has 0 bridgehead atoms. The van der Waals surface area contributed by atoms with Gasteiger partial charge < -0.3 is 27.8 Å². The molecule has 0 saturated carbocycles. The number of aromatic nitrogens is 2. The number of nitriles is 1. The van der Waals surface area contributed by atoms with Crippen LogP contribution in [0.25, 0.3) is 137 Å². The summed E-state index contributed by atoms with van der Waals surface area (Å²) >= 11 is 0. The minimum Gasteiger partial charge on any atom is -0.456 e. The van der Waals surface area contributed by atoms with Crippen molar-refractivity contribution in [3.63, 3.8) is 0 Å². The van der Waals surface area contributed by atoms with Crippen LogP contribution in [-0.4, -0.2) is 9.13 Å². The Kier molecular flexibility index (Phi) is 12.2. The standard InChI is InChI=1S/C91H66N6O2/c1-89(2,3)58-42-56(43-59(48-58)90(4,5)6)57-46-74-88-82(47-57)97(87-63(54-30-39-85-71(44-54)69-21-12-16-27-83(69)98-85)23-18-24-64(87)55-31-40-86-72(45-55)70-22-13-17-28-84(70)99-86)81-51-62(95-76-26-15-10-19-65(76)67-35-29-53(52-92)41-79(67)95)34-38-78(81)96(88)77-37-33-61(50-73(77)91(74,7)8)94-75-25-14-11-20-66(75)68-36-32-60(93-9)49-80(68)94/h10-51H,1-8H3. The number of furan rings is 2. The van der Waals surface area contributed by atoms with Crippen molar-refractivity contribution in [1.29, 1.82) is 5.26 Å². The Balaban J connectivity index is 0.968. The lowest BCUT2D eigenvalue weighted by Crippen LogP contribution is -2.35. The molecule has 0 spiro atoms. The van der Waals surface area contributed by atoms with Crippen molar-refractivity contribution in [3.8, 4) is 50.8 Å². The fraction of sp³-hybridized carbons (Fsp3) is 0.121. The van der Waals surface area contributed by atoms with E-state index in [4.69, 9.17) is 15.4 Å². The molecule has 0 fully saturated rings. The molecule has 0 unspecified atom stereocenters. The Morgan fingerprint density at radius 2 is 0.879 bits per heavy atom. The molecular weight excluding hydrogens is 1210 g/mol. The minimum absolute atomic E-state index is 0.162. The summed E-state index contributed by atoms with van der Waals surface area (Å²) in [6.45, 7) is 26.9. The predicted molar refractivity (Wildman–Crippen MR) is 409 cm³/mol. The van der Waals surface area contributed by atoms with Gasteiger partial charge in [-0.15, -0.1) is 0 Å². The highest BCUT2D eigenvalue weighted by Crippen LogP contribution is 2.65. The molecular formula is C91H66N6O2. The lowest BCUT2D eigenvalue weighted by molar-refractivity contribution is 0.569. The van der Waals surface area contributed by atoms with Gasteiger partial charge in [0.15, 0.2) is 5.69 Å². The number of hydrogen-bond acceptors (Lipinski definition) is 5. The average molecular weight is 1280 g/mol. The van der Waals surface area contributed by atoms with Crippen molar-refractivity contribution >= 4 is 127 Å². The Labute approximate surface area is 573 Å². The fourth-order valence-electron chi connectivity index (χ4n) is 16.3. The van der Waals surface area contributed by atoms with E-state index in [1.165, 1.54) is 22.3 Å².